The van der Waals surface area contributed by atoms with Crippen LogP contribution in [0.25, 0.3) is 0 Å². The molecule has 1 N–H and O–H groups in total. The van der Waals surface area contributed by atoms with Gasteiger partial charge in [0.15, 0.2) is 11.5 Å². The van der Waals surface area contributed by atoms with Gasteiger partial charge in [0, 0.05) is 20.0 Å². The third-order valence-corrected chi connectivity index (χ3v) is 4.25. The lowest BCUT2D eigenvalue weighted by atomic mass is 10.2. The Morgan fingerprint density at radius 2 is 1.54 bits per heavy atom. The van der Waals surface area contributed by atoms with E-state index in [-0.39, 0.29) is 18.4 Å². The number of hydrogen-bond acceptors (Lipinski definition) is 5. The summed E-state index contributed by atoms with van der Waals surface area (Å²) >= 11 is 0. The van der Waals surface area contributed by atoms with E-state index in [0.29, 0.717) is 24.6 Å². The zero-order chi connectivity index (χ0) is 20.5. The summed E-state index contributed by atoms with van der Waals surface area (Å²) in [4.78, 5) is 25.8. The molecule has 2 rings (SSSR count). The highest BCUT2D eigenvalue weighted by molar-refractivity contribution is 5.83. The largest absolute Gasteiger partial charge is 0.497 e. The number of amides is 2. The molecule has 0 atom stereocenters. The number of carbonyl (C=O) groups excluding carboxylic acids is 2. The number of rotatable bonds is 9. The van der Waals surface area contributed by atoms with Gasteiger partial charge in [-0.3, -0.25) is 9.59 Å². The summed E-state index contributed by atoms with van der Waals surface area (Å²) < 4.78 is 15.6. The lowest BCUT2D eigenvalue weighted by Gasteiger charge is -2.21. The molecule has 0 unspecified atom stereocenters. The van der Waals surface area contributed by atoms with Crippen molar-refractivity contribution in [2.75, 3.05) is 27.9 Å². The zero-order valence-electron chi connectivity index (χ0n) is 16.7. The van der Waals surface area contributed by atoms with Gasteiger partial charge < -0.3 is 24.4 Å². The minimum atomic E-state index is -0.230. The van der Waals surface area contributed by atoms with Crippen molar-refractivity contribution in [2.24, 2.45) is 0 Å². The molecule has 2 aromatic carbocycles. The van der Waals surface area contributed by atoms with Crippen molar-refractivity contribution < 1.29 is 23.8 Å². The summed E-state index contributed by atoms with van der Waals surface area (Å²) in [6, 6.07) is 12.8. The molecule has 0 saturated carbocycles. The Balaban J connectivity index is 1.96. The van der Waals surface area contributed by atoms with Crippen LogP contribution in [0, 0.1) is 0 Å². The van der Waals surface area contributed by atoms with Crippen molar-refractivity contribution in [3.05, 3.63) is 53.6 Å². The van der Waals surface area contributed by atoms with Gasteiger partial charge in [0.05, 0.1) is 27.9 Å². The Bertz CT molecular complexity index is 805. The summed E-state index contributed by atoms with van der Waals surface area (Å²) in [5.74, 6) is 1.53. The lowest BCUT2D eigenvalue weighted by Crippen LogP contribution is -2.39. The fourth-order valence-corrected chi connectivity index (χ4v) is 2.65. The molecule has 0 spiro atoms. The molecule has 0 saturated heterocycles. The molecule has 2 amide bonds. The monoisotopic (exact) mass is 386 g/mol. The normalized spacial score (nSPS) is 10.1. The van der Waals surface area contributed by atoms with Gasteiger partial charge in [0.2, 0.25) is 11.8 Å². The quantitative estimate of drug-likeness (QED) is 0.716. The van der Waals surface area contributed by atoms with Gasteiger partial charge in [-0.1, -0.05) is 18.2 Å². The molecule has 7 nitrogen and oxygen atoms in total. The first-order valence-corrected chi connectivity index (χ1v) is 8.83. The molecule has 28 heavy (non-hydrogen) atoms. The van der Waals surface area contributed by atoms with Crippen LogP contribution in [0.15, 0.2) is 42.5 Å². The summed E-state index contributed by atoms with van der Waals surface area (Å²) in [5.41, 5.74) is 1.79. The molecule has 7 heteroatoms. The van der Waals surface area contributed by atoms with Crippen LogP contribution in [0.3, 0.4) is 0 Å². The van der Waals surface area contributed by atoms with Crippen molar-refractivity contribution >= 4 is 11.8 Å². The van der Waals surface area contributed by atoms with Gasteiger partial charge >= 0.3 is 0 Å². The highest BCUT2D eigenvalue weighted by Gasteiger charge is 2.15. The molecule has 0 aliphatic carbocycles. The molecule has 0 radical (unpaired) electrons. The number of ether oxygens (including phenoxy) is 3. The maximum absolute atomic E-state index is 12.3. The zero-order valence-corrected chi connectivity index (χ0v) is 16.7. The summed E-state index contributed by atoms with van der Waals surface area (Å²) in [6.07, 6.45) is 0. The average molecular weight is 386 g/mol. The Labute approximate surface area is 165 Å². The van der Waals surface area contributed by atoms with Crippen LogP contribution in [0.4, 0.5) is 0 Å². The molecule has 0 bridgehead atoms. The SMILES string of the molecule is COc1ccc(CNC(=O)CN(Cc2ccc(OC)c(OC)c2)C(C)=O)cc1. The number of nitrogens with one attached hydrogen (secondary N) is 1. The number of carbonyl (C=O) groups is 2. The summed E-state index contributed by atoms with van der Waals surface area (Å²) in [7, 11) is 4.72. The van der Waals surface area contributed by atoms with Crippen molar-refractivity contribution in [2.45, 2.75) is 20.0 Å². The van der Waals surface area contributed by atoms with Gasteiger partial charge in [0.1, 0.15) is 5.75 Å². The number of benzene rings is 2. The predicted molar refractivity (Wildman–Crippen MR) is 105 cm³/mol. The molecule has 0 fully saturated rings. The molecular formula is C21H26N2O5. The van der Waals surface area contributed by atoms with Crippen LogP contribution in [-0.2, 0) is 22.7 Å². The van der Waals surface area contributed by atoms with Crippen molar-refractivity contribution in [1.82, 2.24) is 10.2 Å². The first kappa shape index (κ1) is 21.1. The number of hydrogen-bond donors (Lipinski definition) is 1. The topological polar surface area (TPSA) is 77.1 Å². The van der Waals surface area contributed by atoms with E-state index in [0.717, 1.165) is 16.9 Å². The molecular weight excluding hydrogens is 360 g/mol. The van der Waals surface area contributed by atoms with E-state index >= 15 is 0 Å². The first-order valence-electron chi connectivity index (χ1n) is 8.83. The second-order valence-corrected chi connectivity index (χ2v) is 6.19. The Kier molecular flexibility index (Phi) is 7.68. The van der Waals surface area contributed by atoms with Gasteiger partial charge in [-0.15, -0.1) is 0 Å². The Hall–Kier alpha value is -3.22. The smallest absolute Gasteiger partial charge is 0.239 e. The molecule has 0 aromatic heterocycles. The van der Waals surface area contributed by atoms with Gasteiger partial charge in [0.25, 0.3) is 0 Å². The van der Waals surface area contributed by atoms with Crippen LogP contribution in [-0.4, -0.2) is 44.6 Å². The third kappa shape index (κ3) is 5.90. The number of methoxy groups -OCH3 is 3. The van der Waals surface area contributed by atoms with Crippen LogP contribution >= 0.6 is 0 Å². The second-order valence-electron chi connectivity index (χ2n) is 6.19. The first-order chi connectivity index (χ1) is 13.5. The number of nitrogens with zero attached hydrogens (tertiary/aromatic N) is 1. The van der Waals surface area contributed by atoms with E-state index in [9.17, 15) is 9.59 Å². The third-order valence-electron chi connectivity index (χ3n) is 4.25. The maximum Gasteiger partial charge on any atom is 0.239 e. The molecule has 150 valence electrons. The van der Waals surface area contributed by atoms with Crippen molar-refractivity contribution in [1.29, 1.82) is 0 Å². The maximum atomic E-state index is 12.3. The van der Waals surface area contributed by atoms with Crippen LogP contribution in [0.2, 0.25) is 0 Å². The van der Waals surface area contributed by atoms with E-state index in [1.165, 1.54) is 11.8 Å². The summed E-state index contributed by atoms with van der Waals surface area (Å²) in [6.45, 7) is 2.09. The Morgan fingerprint density at radius 3 is 2.11 bits per heavy atom. The van der Waals surface area contributed by atoms with E-state index in [4.69, 9.17) is 14.2 Å². The predicted octanol–water partition coefficient (Wildman–Crippen LogP) is 2.38. The molecule has 0 heterocycles. The van der Waals surface area contributed by atoms with Gasteiger partial charge in [-0.25, -0.2) is 0 Å². The van der Waals surface area contributed by atoms with Crippen LogP contribution in [0.1, 0.15) is 18.1 Å². The summed E-state index contributed by atoms with van der Waals surface area (Å²) in [5, 5.41) is 2.83. The molecule has 2 aromatic rings. The standard InChI is InChI=1S/C21H26N2O5/c1-15(24)23(13-17-7-10-19(27-3)20(11-17)28-4)14-21(25)22-12-16-5-8-18(26-2)9-6-16/h5-11H,12-14H2,1-4H3,(H,22,25). The van der Waals surface area contributed by atoms with Gasteiger partial charge in [-0.05, 0) is 35.4 Å². The Morgan fingerprint density at radius 1 is 0.893 bits per heavy atom. The highest BCUT2D eigenvalue weighted by Crippen LogP contribution is 2.28. The lowest BCUT2D eigenvalue weighted by molar-refractivity contribution is -0.135. The minimum Gasteiger partial charge on any atom is -0.497 e. The average Bonchev–Trinajstić information content (AvgIpc) is 2.71. The van der Waals surface area contributed by atoms with Crippen molar-refractivity contribution in [3.63, 3.8) is 0 Å². The molecule has 0 aliphatic rings. The van der Waals surface area contributed by atoms with Gasteiger partial charge in [-0.2, -0.15) is 0 Å². The van der Waals surface area contributed by atoms with E-state index in [1.54, 1.807) is 33.5 Å². The van der Waals surface area contributed by atoms with E-state index < -0.39 is 0 Å². The minimum absolute atomic E-state index is 0.0279. The van der Waals surface area contributed by atoms with Crippen LogP contribution < -0.4 is 19.5 Å². The second kappa shape index (κ2) is 10.2. The van der Waals surface area contributed by atoms with Crippen LogP contribution in [0.5, 0.6) is 17.2 Å². The molecule has 0 aliphatic heterocycles. The van der Waals surface area contributed by atoms with E-state index in [1.807, 2.05) is 30.3 Å². The highest BCUT2D eigenvalue weighted by atomic mass is 16.5. The fourth-order valence-electron chi connectivity index (χ4n) is 2.65. The fraction of sp³-hybridized carbons (Fsp3) is 0.333. The van der Waals surface area contributed by atoms with E-state index in [2.05, 4.69) is 5.32 Å². The van der Waals surface area contributed by atoms with Crippen molar-refractivity contribution in [3.8, 4) is 17.2 Å².